The van der Waals surface area contributed by atoms with E-state index in [2.05, 4.69) is 4.98 Å². The van der Waals surface area contributed by atoms with Crippen molar-refractivity contribution in [3.63, 3.8) is 0 Å². The zero-order valence-electron chi connectivity index (χ0n) is 16.0. The topological polar surface area (TPSA) is 81.3 Å². The van der Waals surface area contributed by atoms with E-state index < -0.39 is 4.92 Å². The molecular formula is C21H19ClN4O3S. The van der Waals surface area contributed by atoms with E-state index in [0.717, 1.165) is 31.6 Å². The molecule has 0 spiro atoms. The second kappa shape index (κ2) is 8.89. The van der Waals surface area contributed by atoms with Gasteiger partial charge in [-0.3, -0.25) is 19.5 Å². The predicted octanol–water partition coefficient (Wildman–Crippen LogP) is 4.82. The van der Waals surface area contributed by atoms with Crippen molar-refractivity contribution < 1.29 is 9.72 Å². The number of imidazole rings is 1. The van der Waals surface area contributed by atoms with Gasteiger partial charge in [0, 0.05) is 41.5 Å². The highest BCUT2D eigenvalue weighted by Gasteiger charge is 2.21. The van der Waals surface area contributed by atoms with Crippen LogP contribution in [-0.4, -0.2) is 44.1 Å². The summed E-state index contributed by atoms with van der Waals surface area (Å²) in [5.41, 5.74) is 2.20. The van der Waals surface area contributed by atoms with Crippen molar-refractivity contribution in [2.75, 3.05) is 18.8 Å². The average molecular weight is 443 g/mol. The summed E-state index contributed by atoms with van der Waals surface area (Å²) in [7, 11) is 0. The van der Waals surface area contributed by atoms with Gasteiger partial charge in [0.2, 0.25) is 5.91 Å². The molecule has 7 nitrogen and oxygen atoms in total. The lowest BCUT2D eigenvalue weighted by Crippen LogP contribution is -2.29. The Morgan fingerprint density at radius 1 is 1.17 bits per heavy atom. The Kier molecular flexibility index (Phi) is 6.06. The Morgan fingerprint density at radius 2 is 1.90 bits per heavy atom. The van der Waals surface area contributed by atoms with Crippen LogP contribution in [0.4, 0.5) is 5.69 Å². The van der Waals surface area contributed by atoms with Crippen LogP contribution in [0, 0.1) is 10.1 Å². The maximum absolute atomic E-state index is 12.5. The van der Waals surface area contributed by atoms with Crippen LogP contribution in [0.1, 0.15) is 12.8 Å². The van der Waals surface area contributed by atoms with Gasteiger partial charge in [-0.2, -0.15) is 0 Å². The minimum absolute atomic E-state index is 0.00905. The van der Waals surface area contributed by atoms with Gasteiger partial charge in [-0.15, -0.1) is 0 Å². The zero-order chi connectivity index (χ0) is 21.1. The van der Waals surface area contributed by atoms with Crippen LogP contribution in [0.2, 0.25) is 5.02 Å². The minimum atomic E-state index is -0.420. The number of aromatic nitrogens is 2. The molecule has 1 saturated heterocycles. The Balaban J connectivity index is 1.70. The molecule has 1 aliphatic rings. The van der Waals surface area contributed by atoms with Crippen LogP contribution in [0.15, 0.2) is 59.9 Å². The third-order valence-corrected chi connectivity index (χ3v) is 6.14. The number of hydrogen-bond donors (Lipinski definition) is 0. The molecule has 0 unspecified atom stereocenters. The van der Waals surface area contributed by atoms with E-state index in [1.54, 1.807) is 30.5 Å². The Morgan fingerprint density at radius 3 is 2.60 bits per heavy atom. The van der Waals surface area contributed by atoms with E-state index in [-0.39, 0.29) is 11.6 Å². The summed E-state index contributed by atoms with van der Waals surface area (Å²) in [5, 5.41) is 12.5. The van der Waals surface area contributed by atoms with Crippen LogP contribution in [-0.2, 0) is 4.79 Å². The lowest BCUT2D eigenvalue weighted by Gasteiger charge is -2.15. The van der Waals surface area contributed by atoms with Crippen molar-refractivity contribution in [3.8, 4) is 16.9 Å². The molecule has 0 radical (unpaired) electrons. The number of hydrogen-bond acceptors (Lipinski definition) is 5. The fourth-order valence-electron chi connectivity index (χ4n) is 3.44. The highest BCUT2D eigenvalue weighted by Crippen LogP contribution is 2.32. The molecule has 0 saturated carbocycles. The van der Waals surface area contributed by atoms with Crippen molar-refractivity contribution in [1.82, 2.24) is 14.5 Å². The van der Waals surface area contributed by atoms with Gasteiger partial charge in [-0.25, -0.2) is 4.98 Å². The fourth-order valence-corrected chi connectivity index (χ4v) is 4.46. The number of rotatable bonds is 6. The second-order valence-electron chi connectivity index (χ2n) is 6.92. The lowest BCUT2D eigenvalue weighted by atomic mass is 10.1. The smallest absolute Gasteiger partial charge is 0.270 e. The molecule has 0 bridgehead atoms. The van der Waals surface area contributed by atoms with Crippen LogP contribution < -0.4 is 0 Å². The number of carbonyl (C=O) groups excluding carboxylic acids is 1. The van der Waals surface area contributed by atoms with Gasteiger partial charge in [-0.05, 0) is 37.1 Å². The van der Waals surface area contributed by atoms with Gasteiger partial charge in [-0.1, -0.05) is 35.5 Å². The fraction of sp³-hybridized carbons (Fsp3) is 0.238. The Hall–Kier alpha value is -2.84. The third-order valence-electron chi connectivity index (χ3n) is 4.95. The first-order chi connectivity index (χ1) is 14.5. The summed E-state index contributed by atoms with van der Waals surface area (Å²) in [5.74, 6) is 0.388. The SMILES string of the molecule is O=C(CSc1ncc(-c2cccc([N+](=O)[O-])c2)n1-c1ccc(Cl)cc1)N1CCCC1. The zero-order valence-corrected chi connectivity index (χ0v) is 17.6. The standard InChI is InChI=1S/C21H19ClN4O3S/c22-16-6-8-17(9-7-16)25-19(15-4-3-5-18(12-15)26(28)29)13-23-21(25)30-14-20(27)24-10-1-2-11-24/h3-9,12-13H,1-2,10-11,14H2. The molecule has 1 fully saturated rings. The van der Waals surface area contributed by atoms with Crippen molar-refractivity contribution >= 4 is 35.0 Å². The lowest BCUT2D eigenvalue weighted by molar-refractivity contribution is -0.384. The maximum atomic E-state index is 12.5. The van der Waals surface area contributed by atoms with Gasteiger partial charge in [0.1, 0.15) is 0 Å². The molecule has 1 amide bonds. The molecule has 2 heterocycles. The van der Waals surface area contributed by atoms with Gasteiger partial charge in [0.25, 0.3) is 5.69 Å². The van der Waals surface area contributed by atoms with Crippen molar-refractivity contribution in [2.45, 2.75) is 18.0 Å². The highest BCUT2D eigenvalue weighted by molar-refractivity contribution is 7.99. The summed E-state index contributed by atoms with van der Waals surface area (Å²) in [6, 6.07) is 13.7. The summed E-state index contributed by atoms with van der Waals surface area (Å²) in [6.07, 6.45) is 3.77. The third kappa shape index (κ3) is 4.34. The molecule has 0 aliphatic carbocycles. The largest absolute Gasteiger partial charge is 0.342 e. The van der Waals surface area contributed by atoms with Gasteiger partial charge in [0.05, 0.1) is 22.6 Å². The maximum Gasteiger partial charge on any atom is 0.270 e. The highest BCUT2D eigenvalue weighted by atomic mass is 35.5. The number of non-ortho nitro benzene ring substituents is 1. The molecule has 4 rings (SSSR count). The van der Waals surface area contributed by atoms with E-state index in [4.69, 9.17) is 11.6 Å². The Labute approximate surface area is 182 Å². The molecule has 9 heteroatoms. The number of amides is 1. The summed E-state index contributed by atoms with van der Waals surface area (Å²) in [6.45, 7) is 1.62. The van der Waals surface area contributed by atoms with Crippen LogP contribution >= 0.6 is 23.4 Å². The minimum Gasteiger partial charge on any atom is -0.342 e. The van der Waals surface area contributed by atoms with Crippen LogP contribution in [0.5, 0.6) is 0 Å². The molecule has 1 aromatic heterocycles. The first-order valence-corrected chi connectivity index (χ1v) is 10.9. The number of benzene rings is 2. The second-order valence-corrected chi connectivity index (χ2v) is 8.30. The number of thioether (sulfide) groups is 1. The molecule has 0 N–H and O–H groups in total. The van der Waals surface area contributed by atoms with E-state index in [9.17, 15) is 14.9 Å². The monoisotopic (exact) mass is 442 g/mol. The van der Waals surface area contributed by atoms with E-state index in [1.165, 1.54) is 23.9 Å². The number of nitro groups is 1. The number of nitrogens with zero attached hydrogens (tertiary/aromatic N) is 4. The van der Waals surface area contributed by atoms with Gasteiger partial charge >= 0.3 is 0 Å². The van der Waals surface area contributed by atoms with Crippen molar-refractivity contribution in [3.05, 3.63) is 69.9 Å². The summed E-state index contributed by atoms with van der Waals surface area (Å²) < 4.78 is 1.90. The number of carbonyl (C=O) groups is 1. The number of nitro benzene ring substituents is 1. The van der Waals surface area contributed by atoms with Crippen LogP contribution in [0.3, 0.4) is 0 Å². The van der Waals surface area contributed by atoms with E-state index in [0.29, 0.717) is 27.2 Å². The first-order valence-electron chi connectivity index (χ1n) is 9.52. The quantitative estimate of drug-likeness (QED) is 0.310. The number of likely N-dealkylation sites (tertiary alicyclic amines) is 1. The molecule has 3 aromatic rings. The summed E-state index contributed by atoms with van der Waals surface area (Å²) >= 11 is 7.41. The molecule has 2 aromatic carbocycles. The van der Waals surface area contributed by atoms with Gasteiger partial charge in [0.15, 0.2) is 5.16 Å². The normalized spacial score (nSPS) is 13.6. The first kappa shape index (κ1) is 20.4. The van der Waals surface area contributed by atoms with E-state index in [1.807, 2.05) is 21.6 Å². The average Bonchev–Trinajstić information content (AvgIpc) is 3.43. The predicted molar refractivity (Wildman–Crippen MR) is 117 cm³/mol. The van der Waals surface area contributed by atoms with E-state index >= 15 is 0 Å². The molecule has 0 atom stereocenters. The number of halogens is 1. The van der Waals surface area contributed by atoms with Gasteiger partial charge < -0.3 is 4.90 Å². The molecule has 30 heavy (non-hydrogen) atoms. The Bertz CT molecular complexity index is 1080. The molecule has 1 aliphatic heterocycles. The summed E-state index contributed by atoms with van der Waals surface area (Å²) in [4.78, 5) is 29.7. The van der Waals surface area contributed by atoms with Crippen molar-refractivity contribution in [1.29, 1.82) is 0 Å². The van der Waals surface area contributed by atoms with Crippen molar-refractivity contribution in [2.24, 2.45) is 0 Å². The van der Waals surface area contributed by atoms with Crippen LogP contribution in [0.25, 0.3) is 16.9 Å². The molecule has 154 valence electrons. The molecular weight excluding hydrogens is 424 g/mol.